The average Bonchev–Trinajstić information content (AvgIpc) is 2.63. The maximum atomic E-state index is 10.9. The number of carboxylic acids is 1. The Morgan fingerprint density at radius 1 is 1.08 bits per heavy atom. The van der Waals surface area contributed by atoms with Crippen LogP contribution in [0.25, 0.3) is 11.1 Å². The van der Waals surface area contributed by atoms with Gasteiger partial charge in [-0.05, 0) is 62.2 Å². The van der Waals surface area contributed by atoms with Gasteiger partial charge >= 0.3 is 5.97 Å². The number of piperidine rings is 1. The van der Waals surface area contributed by atoms with Crippen molar-refractivity contribution >= 4 is 5.97 Å². The van der Waals surface area contributed by atoms with Crippen LogP contribution in [-0.4, -0.2) is 53.6 Å². The average molecular weight is 352 g/mol. The molecule has 138 valence electrons. The zero-order valence-electron chi connectivity index (χ0n) is 15.7. The summed E-state index contributed by atoms with van der Waals surface area (Å²) in [6.45, 7) is 5.25. The first-order valence-corrected chi connectivity index (χ1v) is 9.33. The van der Waals surface area contributed by atoms with Crippen LogP contribution in [0.4, 0.5) is 0 Å². The quantitative estimate of drug-likeness (QED) is 0.862. The Morgan fingerprint density at radius 3 is 2.35 bits per heavy atom. The van der Waals surface area contributed by atoms with Crippen LogP contribution in [-0.2, 0) is 11.3 Å². The smallest absolute Gasteiger partial charge is 0.317 e. The molecule has 0 amide bonds. The molecule has 3 rings (SSSR count). The number of aryl methyl sites for hydroxylation is 1. The summed E-state index contributed by atoms with van der Waals surface area (Å²) in [5.74, 6) is -0.748. The molecular weight excluding hydrogens is 324 g/mol. The SMILES string of the molecule is Cc1ccccc1-c1ccccc1CN1CCC(N(C)CC(=O)O)CC1. The molecule has 0 spiro atoms. The fourth-order valence-corrected chi connectivity index (χ4v) is 3.90. The molecule has 4 heteroatoms. The lowest BCUT2D eigenvalue weighted by Gasteiger charge is -2.36. The number of nitrogens with zero attached hydrogens (tertiary/aromatic N) is 2. The monoisotopic (exact) mass is 352 g/mol. The maximum Gasteiger partial charge on any atom is 0.317 e. The van der Waals surface area contributed by atoms with Gasteiger partial charge in [0.2, 0.25) is 0 Å². The number of likely N-dealkylation sites (tertiary alicyclic amines) is 1. The molecule has 0 aromatic heterocycles. The van der Waals surface area contributed by atoms with E-state index in [1.54, 1.807) is 0 Å². The van der Waals surface area contributed by atoms with E-state index in [9.17, 15) is 4.79 Å². The normalized spacial score (nSPS) is 16.1. The van der Waals surface area contributed by atoms with Crippen molar-refractivity contribution < 1.29 is 9.90 Å². The van der Waals surface area contributed by atoms with Gasteiger partial charge in [-0.3, -0.25) is 14.6 Å². The molecule has 26 heavy (non-hydrogen) atoms. The molecule has 0 atom stereocenters. The second-order valence-electron chi connectivity index (χ2n) is 7.29. The van der Waals surface area contributed by atoms with Crippen LogP contribution in [0.15, 0.2) is 48.5 Å². The molecule has 2 aromatic rings. The predicted octanol–water partition coefficient (Wildman–Crippen LogP) is 3.64. The number of rotatable bonds is 6. The molecule has 0 unspecified atom stereocenters. The van der Waals surface area contributed by atoms with E-state index in [0.717, 1.165) is 32.5 Å². The zero-order chi connectivity index (χ0) is 18.5. The molecule has 0 radical (unpaired) electrons. The van der Waals surface area contributed by atoms with Gasteiger partial charge in [-0.25, -0.2) is 0 Å². The predicted molar refractivity (Wildman–Crippen MR) is 105 cm³/mol. The van der Waals surface area contributed by atoms with Crippen molar-refractivity contribution in [1.29, 1.82) is 0 Å². The van der Waals surface area contributed by atoms with Crippen LogP contribution >= 0.6 is 0 Å². The van der Waals surface area contributed by atoms with Crippen molar-refractivity contribution in [3.05, 3.63) is 59.7 Å². The number of carbonyl (C=O) groups is 1. The Kier molecular flexibility index (Phi) is 6.07. The van der Waals surface area contributed by atoms with E-state index < -0.39 is 5.97 Å². The molecule has 2 aromatic carbocycles. The minimum atomic E-state index is -0.748. The summed E-state index contributed by atoms with van der Waals surface area (Å²) in [5, 5.41) is 8.97. The lowest BCUT2D eigenvalue weighted by atomic mass is 9.95. The summed E-state index contributed by atoms with van der Waals surface area (Å²) < 4.78 is 0. The summed E-state index contributed by atoms with van der Waals surface area (Å²) in [6, 6.07) is 17.6. The van der Waals surface area contributed by atoms with E-state index in [1.165, 1.54) is 22.3 Å². The van der Waals surface area contributed by atoms with Crippen molar-refractivity contribution in [2.75, 3.05) is 26.7 Å². The number of carboxylic acid groups (broad SMARTS) is 1. The topological polar surface area (TPSA) is 43.8 Å². The molecule has 1 aliphatic rings. The fraction of sp³-hybridized carbons (Fsp3) is 0.409. The van der Waals surface area contributed by atoms with Crippen molar-refractivity contribution in [2.24, 2.45) is 0 Å². The molecule has 0 bridgehead atoms. The van der Waals surface area contributed by atoms with Gasteiger partial charge in [0.1, 0.15) is 0 Å². The fourth-order valence-electron chi connectivity index (χ4n) is 3.90. The summed E-state index contributed by atoms with van der Waals surface area (Å²) in [6.07, 6.45) is 2.05. The van der Waals surface area contributed by atoms with Gasteiger partial charge in [0.05, 0.1) is 6.54 Å². The number of likely N-dealkylation sites (N-methyl/N-ethyl adjacent to an activating group) is 1. The van der Waals surface area contributed by atoms with Crippen LogP contribution in [0.2, 0.25) is 0 Å². The molecule has 1 fully saturated rings. The van der Waals surface area contributed by atoms with Crippen LogP contribution in [0.5, 0.6) is 0 Å². The van der Waals surface area contributed by atoms with Crippen LogP contribution in [0.1, 0.15) is 24.0 Å². The van der Waals surface area contributed by atoms with Gasteiger partial charge < -0.3 is 5.11 Å². The maximum absolute atomic E-state index is 10.9. The number of hydrogen-bond donors (Lipinski definition) is 1. The molecule has 0 aliphatic carbocycles. The van der Waals surface area contributed by atoms with Crippen LogP contribution < -0.4 is 0 Å². The molecule has 4 nitrogen and oxygen atoms in total. The minimum absolute atomic E-state index is 0.126. The molecule has 1 aliphatic heterocycles. The van der Waals surface area contributed by atoms with E-state index in [1.807, 2.05) is 11.9 Å². The third-order valence-electron chi connectivity index (χ3n) is 5.41. The van der Waals surface area contributed by atoms with E-state index in [0.29, 0.717) is 6.04 Å². The molecule has 1 heterocycles. The van der Waals surface area contributed by atoms with Gasteiger partial charge in [-0.2, -0.15) is 0 Å². The summed E-state index contributed by atoms with van der Waals surface area (Å²) >= 11 is 0. The Balaban J connectivity index is 1.66. The van der Waals surface area contributed by atoms with E-state index in [-0.39, 0.29) is 6.54 Å². The highest BCUT2D eigenvalue weighted by Gasteiger charge is 2.24. The first-order chi connectivity index (χ1) is 12.5. The Labute approximate surface area is 156 Å². The van der Waals surface area contributed by atoms with Crippen LogP contribution in [0, 0.1) is 6.92 Å². The third-order valence-corrected chi connectivity index (χ3v) is 5.41. The van der Waals surface area contributed by atoms with Crippen molar-refractivity contribution in [3.8, 4) is 11.1 Å². The van der Waals surface area contributed by atoms with Gasteiger partial charge in [-0.1, -0.05) is 48.5 Å². The number of benzene rings is 2. The lowest BCUT2D eigenvalue weighted by Crippen LogP contribution is -2.44. The summed E-state index contributed by atoms with van der Waals surface area (Å²) in [5.41, 5.74) is 5.28. The van der Waals surface area contributed by atoms with E-state index >= 15 is 0 Å². The van der Waals surface area contributed by atoms with Gasteiger partial charge in [0.25, 0.3) is 0 Å². The van der Waals surface area contributed by atoms with Crippen molar-refractivity contribution in [1.82, 2.24) is 9.80 Å². The minimum Gasteiger partial charge on any atom is -0.480 e. The largest absolute Gasteiger partial charge is 0.480 e. The first-order valence-electron chi connectivity index (χ1n) is 9.33. The van der Waals surface area contributed by atoms with Gasteiger partial charge in [-0.15, -0.1) is 0 Å². The molecule has 1 N–H and O–H groups in total. The molecule has 0 saturated carbocycles. The lowest BCUT2D eigenvalue weighted by molar-refractivity contribution is -0.138. The highest BCUT2D eigenvalue weighted by Crippen LogP contribution is 2.28. The Bertz CT molecular complexity index is 751. The van der Waals surface area contributed by atoms with E-state index in [2.05, 4.69) is 60.4 Å². The zero-order valence-corrected chi connectivity index (χ0v) is 15.7. The summed E-state index contributed by atoms with van der Waals surface area (Å²) in [7, 11) is 1.92. The van der Waals surface area contributed by atoms with Gasteiger partial charge in [0.15, 0.2) is 0 Å². The highest BCUT2D eigenvalue weighted by atomic mass is 16.4. The van der Waals surface area contributed by atoms with Crippen molar-refractivity contribution in [3.63, 3.8) is 0 Å². The standard InChI is InChI=1S/C22H28N2O2/c1-17-7-3-5-9-20(17)21-10-6-4-8-18(21)15-24-13-11-19(12-14-24)23(2)16-22(25)26/h3-10,19H,11-16H2,1-2H3,(H,25,26). The molecular formula is C22H28N2O2. The third kappa shape index (κ3) is 4.51. The first kappa shape index (κ1) is 18.6. The highest BCUT2D eigenvalue weighted by molar-refractivity contribution is 5.70. The second-order valence-corrected chi connectivity index (χ2v) is 7.29. The molecule has 1 saturated heterocycles. The summed E-state index contributed by atoms with van der Waals surface area (Å²) in [4.78, 5) is 15.4. The number of aliphatic carboxylic acids is 1. The second kappa shape index (κ2) is 8.47. The van der Waals surface area contributed by atoms with Gasteiger partial charge in [0, 0.05) is 12.6 Å². The van der Waals surface area contributed by atoms with E-state index in [4.69, 9.17) is 5.11 Å². The number of hydrogen-bond acceptors (Lipinski definition) is 3. The Morgan fingerprint density at radius 2 is 1.69 bits per heavy atom. The van der Waals surface area contributed by atoms with Crippen molar-refractivity contribution in [2.45, 2.75) is 32.4 Å². The Hall–Kier alpha value is -2.17. The van der Waals surface area contributed by atoms with Crippen LogP contribution in [0.3, 0.4) is 0 Å².